The number of carbonyl (C=O) groups is 2. The molecule has 0 aliphatic carbocycles. The molecule has 12 heteroatoms. The van der Waals surface area contributed by atoms with Crippen LogP contribution in [0.15, 0.2) is 59.5 Å². The Bertz CT molecular complexity index is 1530. The summed E-state index contributed by atoms with van der Waals surface area (Å²) in [6, 6.07) is 10.9. The number of imidazole rings is 1. The van der Waals surface area contributed by atoms with Crippen molar-refractivity contribution in [2.75, 3.05) is 5.84 Å². The highest BCUT2D eigenvalue weighted by atomic mass is 16.6. The minimum atomic E-state index is -1.11. The van der Waals surface area contributed by atoms with Crippen LogP contribution < -0.4 is 22.6 Å². The first-order valence-corrected chi connectivity index (χ1v) is 11.1. The summed E-state index contributed by atoms with van der Waals surface area (Å²) < 4.78 is 1.67. The Morgan fingerprint density at radius 2 is 1.83 bits per heavy atom. The van der Waals surface area contributed by atoms with Crippen molar-refractivity contribution in [1.82, 2.24) is 19.5 Å². The summed E-state index contributed by atoms with van der Waals surface area (Å²) in [4.78, 5) is 52.4. The number of fused-ring (bicyclic) bond motifs is 1. The van der Waals surface area contributed by atoms with E-state index >= 15 is 0 Å². The Morgan fingerprint density at radius 3 is 2.50 bits per heavy atom. The highest BCUT2D eigenvalue weighted by molar-refractivity contribution is 5.93. The van der Waals surface area contributed by atoms with E-state index in [1.807, 2.05) is 24.3 Å². The molecular formula is C24H25N7O5. The van der Waals surface area contributed by atoms with Crippen LogP contribution >= 0.6 is 0 Å². The second-order valence-electron chi connectivity index (χ2n) is 8.46. The second kappa shape index (κ2) is 9.50. The number of non-ortho nitro benzene ring substituents is 1. The summed E-state index contributed by atoms with van der Waals surface area (Å²) in [6.07, 6.45) is 2.03. The Labute approximate surface area is 204 Å². The van der Waals surface area contributed by atoms with Crippen LogP contribution in [-0.2, 0) is 11.2 Å². The molecule has 2 aromatic carbocycles. The average molecular weight is 492 g/mol. The number of nitro groups is 1. The number of nitrogen functional groups attached to an aromatic ring is 1. The highest BCUT2D eigenvalue weighted by Crippen LogP contribution is 2.25. The maximum atomic E-state index is 13.3. The summed E-state index contributed by atoms with van der Waals surface area (Å²) in [5.41, 5.74) is 7.77. The fraction of sp³-hybridized carbons (Fsp3) is 0.208. The van der Waals surface area contributed by atoms with Crippen molar-refractivity contribution < 1.29 is 14.5 Å². The number of aromatic nitrogens is 3. The predicted molar refractivity (Wildman–Crippen MR) is 134 cm³/mol. The first kappa shape index (κ1) is 24.4. The smallest absolute Gasteiger partial charge is 0.354 e. The quantitative estimate of drug-likeness (QED) is 0.171. The van der Waals surface area contributed by atoms with E-state index in [0.717, 1.165) is 25.7 Å². The maximum Gasteiger partial charge on any atom is 0.354 e. The van der Waals surface area contributed by atoms with Gasteiger partial charge in [-0.05, 0) is 44.0 Å². The molecule has 0 aliphatic heterocycles. The third kappa shape index (κ3) is 4.36. The molecule has 0 unspecified atom stereocenters. The molecule has 0 radical (unpaired) electrons. The van der Waals surface area contributed by atoms with Crippen molar-refractivity contribution in [3.63, 3.8) is 0 Å². The molecule has 186 valence electrons. The van der Waals surface area contributed by atoms with E-state index in [1.165, 1.54) is 31.2 Å². The number of H-pyrrole nitrogens is 1. The molecule has 0 saturated carbocycles. The summed E-state index contributed by atoms with van der Waals surface area (Å²) in [7, 11) is 0. The van der Waals surface area contributed by atoms with Gasteiger partial charge in [0.2, 0.25) is 5.91 Å². The Balaban J connectivity index is 1.55. The lowest BCUT2D eigenvalue weighted by atomic mass is 10.0. The minimum Gasteiger partial charge on any atom is -0.361 e. The van der Waals surface area contributed by atoms with E-state index in [0.29, 0.717) is 5.56 Å². The topological polar surface area (TPSA) is 184 Å². The van der Waals surface area contributed by atoms with Crippen molar-refractivity contribution in [1.29, 1.82) is 0 Å². The summed E-state index contributed by atoms with van der Waals surface area (Å²) in [5, 5.41) is 14.5. The molecule has 0 bridgehead atoms. The van der Waals surface area contributed by atoms with Crippen molar-refractivity contribution in [3.8, 4) is 11.3 Å². The van der Waals surface area contributed by atoms with Crippen LogP contribution in [-0.4, -0.2) is 43.0 Å². The third-order valence-electron chi connectivity index (χ3n) is 6.08. The summed E-state index contributed by atoms with van der Waals surface area (Å²) >= 11 is 0. The van der Waals surface area contributed by atoms with Gasteiger partial charge in [0.1, 0.15) is 6.04 Å². The van der Waals surface area contributed by atoms with E-state index in [4.69, 9.17) is 11.6 Å². The molecule has 0 saturated heterocycles. The lowest BCUT2D eigenvalue weighted by Crippen LogP contribution is -2.50. The van der Waals surface area contributed by atoms with Gasteiger partial charge in [0.25, 0.3) is 11.6 Å². The van der Waals surface area contributed by atoms with Gasteiger partial charge in [0, 0.05) is 34.8 Å². The number of amides is 1. The molecule has 2 atom stereocenters. The number of nitro benzene ring substituents is 1. The normalized spacial score (nSPS) is 12.9. The van der Waals surface area contributed by atoms with Gasteiger partial charge in [-0.2, -0.15) is 0 Å². The molecule has 1 amide bonds. The number of aromatic amines is 1. The zero-order chi connectivity index (χ0) is 26.1. The largest absolute Gasteiger partial charge is 0.361 e. The first-order valence-electron chi connectivity index (χ1n) is 11.1. The summed E-state index contributed by atoms with van der Waals surface area (Å²) in [6.45, 7) is 2.98. The lowest BCUT2D eigenvalue weighted by molar-refractivity contribution is -0.384. The van der Waals surface area contributed by atoms with E-state index in [9.17, 15) is 24.5 Å². The number of hydrogen-bond donors (Lipinski definition) is 4. The van der Waals surface area contributed by atoms with Crippen LogP contribution in [0.1, 0.15) is 23.0 Å². The molecule has 2 heterocycles. The van der Waals surface area contributed by atoms with Gasteiger partial charge in [0.05, 0.1) is 22.4 Å². The van der Waals surface area contributed by atoms with E-state index in [-0.39, 0.29) is 23.5 Å². The Morgan fingerprint density at radius 1 is 1.17 bits per heavy atom. The molecule has 36 heavy (non-hydrogen) atoms. The van der Waals surface area contributed by atoms with Crippen LogP contribution in [0.2, 0.25) is 0 Å². The third-order valence-corrected chi connectivity index (χ3v) is 6.08. The Hall–Kier alpha value is -4.71. The second-order valence-corrected chi connectivity index (χ2v) is 8.46. The summed E-state index contributed by atoms with van der Waals surface area (Å²) in [5.74, 6) is 4.55. The molecule has 4 aromatic rings. The molecule has 6 N–H and O–H groups in total. The van der Waals surface area contributed by atoms with Crippen molar-refractivity contribution in [2.24, 2.45) is 5.73 Å². The lowest BCUT2D eigenvalue weighted by Gasteiger charge is -2.18. The molecule has 12 nitrogen and oxygen atoms in total. The number of rotatable bonds is 7. The minimum absolute atomic E-state index is 0.145. The standard InChI is InChI=1S/C24H25N7O5/c1-13(28-22(32)19(25)11-16-12-27-20-6-4-3-5-18(16)20)23(33)29-21(14(2)30(26)24(29)34)15-7-9-17(10-8-15)31(35)36/h3-10,12-13,19,27H,11,25-26H2,1-2H3,(H,28,32)/t13-,19+/m0/s1. The number of carbonyl (C=O) groups excluding carboxylic acids is 2. The van der Waals surface area contributed by atoms with Crippen LogP contribution in [0.3, 0.4) is 0 Å². The van der Waals surface area contributed by atoms with E-state index in [1.54, 1.807) is 13.1 Å². The molecule has 0 aliphatic rings. The number of para-hydroxylation sites is 1. The average Bonchev–Trinajstić information content (AvgIpc) is 3.37. The van der Waals surface area contributed by atoms with Crippen LogP contribution in [0.25, 0.3) is 22.2 Å². The van der Waals surface area contributed by atoms with Crippen LogP contribution in [0, 0.1) is 17.0 Å². The Kier molecular flexibility index (Phi) is 6.45. The zero-order valence-corrected chi connectivity index (χ0v) is 19.6. The van der Waals surface area contributed by atoms with Gasteiger partial charge >= 0.3 is 5.69 Å². The zero-order valence-electron chi connectivity index (χ0n) is 19.6. The van der Waals surface area contributed by atoms with Gasteiger partial charge in [-0.3, -0.25) is 19.7 Å². The monoisotopic (exact) mass is 491 g/mol. The highest BCUT2D eigenvalue weighted by Gasteiger charge is 2.28. The first-order chi connectivity index (χ1) is 17.1. The number of benzene rings is 2. The van der Waals surface area contributed by atoms with Crippen molar-refractivity contribution in [3.05, 3.63) is 86.6 Å². The number of hydrogen-bond acceptors (Lipinski definition) is 7. The van der Waals surface area contributed by atoms with Crippen LogP contribution in [0.4, 0.5) is 5.69 Å². The number of nitrogens with one attached hydrogen (secondary N) is 2. The SMILES string of the molecule is Cc1c(-c2ccc([N+](=O)[O-])cc2)n(C(=O)[C@H](C)NC(=O)[C@H](N)Cc2c[nH]c3ccccc23)c(=O)n1N. The molecule has 0 fully saturated rings. The van der Waals surface area contributed by atoms with E-state index in [2.05, 4.69) is 10.3 Å². The fourth-order valence-electron chi connectivity index (χ4n) is 4.11. The molecule has 0 spiro atoms. The predicted octanol–water partition coefficient (Wildman–Crippen LogP) is 1.44. The fourth-order valence-corrected chi connectivity index (χ4v) is 4.11. The van der Waals surface area contributed by atoms with Crippen molar-refractivity contribution in [2.45, 2.75) is 32.4 Å². The number of nitrogens with zero attached hydrogens (tertiary/aromatic N) is 3. The molecular weight excluding hydrogens is 466 g/mol. The maximum absolute atomic E-state index is 13.3. The molecule has 2 aromatic heterocycles. The van der Waals surface area contributed by atoms with Gasteiger partial charge in [-0.1, -0.05) is 18.2 Å². The van der Waals surface area contributed by atoms with E-state index < -0.39 is 34.5 Å². The van der Waals surface area contributed by atoms with Gasteiger partial charge < -0.3 is 21.9 Å². The molecule has 4 rings (SSSR count). The van der Waals surface area contributed by atoms with Gasteiger partial charge in [0.15, 0.2) is 0 Å². The van der Waals surface area contributed by atoms with Crippen LogP contribution in [0.5, 0.6) is 0 Å². The van der Waals surface area contributed by atoms with Gasteiger partial charge in [-0.25, -0.2) is 14.0 Å². The van der Waals surface area contributed by atoms with Crippen molar-refractivity contribution >= 4 is 28.4 Å². The number of nitrogens with two attached hydrogens (primary N) is 2. The van der Waals surface area contributed by atoms with Gasteiger partial charge in [-0.15, -0.1) is 0 Å².